The van der Waals surface area contributed by atoms with Crippen LogP contribution in [0, 0.1) is 0 Å². The minimum Gasteiger partial charge on any atom is -0.388 e. The van der Waals surface area contributed by atoms with Crippen molar-refractivity contribution < 1.29 is 5.11 Å². The van der Waals surface area contributed by atoms with Gasteiger partial charge in [-0.2, -0.15) is 0 Å². The molecule has 2 nitrogen and oxygen atoms in total. The quantitative estimate of drug-likeness (QED) is 0.557. The largest absolute Gasteiger partial charge is 0.388 e. The highest BCUT2D eigenvalue weighted by Crippen LogP contribution is 2.28. The van der Waals surface area contributed by atoms with E-state index in [2.05, 4.69) is 4.98 Å². The molecule has 0 fully saturated rings. The molecule has 1 unspecified atom stereocenters. The molecule has 1 aliphatic carbocycles. The van der Waals surface area contributed by atoms with E-state index in [1.54, 1.807) is 0 Å². The monoisotopic (exact) mass is 137 g/mol. The summed E-state index contributed by atoms with van der Waals surface area (Å²) in [7, 11) is 0. The number of nitrogens with one attached hydrogen (secondary N) is 1. The van der Waals surface area contributed by atoms with Crippen LogP contribution >= 0.6 is 0 Å². The van der Waals surface area contributed by atoms with Gasteiger partial charge >= 0.3 is 0 Å². The van der Waals surface area contributed by atoms with Crippen LogP contribution in [0.5, 0.6) is 0 Å². The van der Waals surface area contributed by atoms with E-state index in [-0.39, 0.29) is 6.10 Å². The van der Waals surface area contributed by atoms with E-state index in [0.29, 0.717) is 0 Å². The predicted octanol–water partition coefficient (Wildman–Crippen LogP) is 1.38. The maximum Gasteiger partial charge on any atom is 0.0807 e. The number of aromatic amines is 1. The fraction of sp³-hybridized carbons (Fsp3) is 0.500. The van der Waals surface area contributed by atoms with Crippen molar-refractivity contribution in [3.05, 3.63) is 23.5 Å². The Morgan fingerprint density at radius 1 is 1.50 bits per heavy atom. The topological polar surface area (TPSA) is 36.0 Å². The summed E-state index contributed by atoms with van der Waals surface area (Å²) in [6.07, 6.45) is 6.83. The van der Waals surface area contributed by atoms with Crippen LogP contribution in [0.15, 0.2) is 12.4 Å². The van der Waals surface area contributed by atoms with Gasteiger partial charge in [0.05, 0.1) is 6.10 Å². The van der Waals surface area contributed by atoms with E-state index in [1.165, 1.54) is 5.56 Å². The second-order valence-corrected chi connectivity index (χ2v) is 2.84. The van der Waals surface area contributed by atoms with Crippen LogP contribution in [0.1, 0.15) is 30.1 Å². The molecule has 2 rings (SSSR count). The minimum absolute atomic E-state index is 0.213. The Kier molecular flexibility index (Phi) is 1.27. The molecule has 0 saturated carbocycles. The predicted molar refractivity (Wildman–Crippen MR) is 38.7 cm³/mol. The lowest BCUT2D eigenvalue weighted by atomic mass is 9.93. The first kappa shape index (κ1) is 5.98. The maximum absolute atomic E-state index is 9.43. The molecule has 0 radical (unpaired) electrons. The highest BCUT2D eigenvalue weighted by molar-refractivity contribution is 5.27. The summed E-state index contributed by atoms with van der Waals surface area (Å²) in [4.78, 5) is 3.01. The van der Waals surface area contributed by atoms with Crippen LogP contribution in [0.4, 0.5) is 0 Å². The zero-order valence-corrected chi connectivity index (χ0v) is 5.80. The lowest BCUT2D eigenvalue weighted by Crippen LogP contribution is -2.05. The fourth-order valence-corrected chi connectivity index (χ4v) is 1.58. The van der Waals surface area contributed by atoms with Crippen molar-refractivity contribution in [1.29, 1.82) is 0 Å². The number of aromatic nitrogens is 1. The first-order valence-corrected chi connectivity index (χ1v) is 3.71. The summed E-state index contributed by atoms with van der Waals surface area (Å²) in [5, 5.41) is 9.43. The number of hydrogen-bond acceptors (Lipinski definition) is 1. The Morgan fingerprint density at radius 2 is 2.40 bits per heavy atom. The van der Waals surface area contributed by atoms with Gasteiger partial charge in [-0.05, 0) is 24.8 Å². The average molecular weight is 137 g/mol. The zero-order valence-electron chi connectivity index (χ0n) is 5.80. The number of aryl methyl sites for hydroxylation is 1. The third kappa shape index (κ3) is 0.762. The van der Waals surface area contributed by atoms with Crippen LogP contribution in [-0.4, -0.2) is 10.1 Å². The van der Waals surface area contributed by atoms with E-state index in [4.69, 9.17) is 0 Å². The van der Waals surface area contributed by atoms with E-state index >= 15 is 0 Å². The third-order valence-corrected chi connectivity index (χ3v) is 2.15. The van der Waals surface area contributed by atoms with Gasteiger partial charge in [-0.15, -0.1) is 0 Å². The van der Waals surface area contributed by atoms with Crippen molar-refractivity contribution in [1.82, 2.24) is 4.98 Å². The molecule has 0 amide bonds. The van der Waals surface area contributed by atoms with Gasteiger partial charge in [0, 0.05) is 18.0 Å². The molecule has 0 saturated heterocycles. The molecule has 1 heterocycles. The Hall–Kier alpha value is -0.760. The van der Waals surface area contributed by atoms with Crippen molar-refractivity contribution >= 4 is 0 Å². The molecule has 2 heteroatoms. The van der Waals surface area contributed by atoms with Crippen molar-refractivity contribution in [2.45, 2.75) is 25.4 Å². The Bertz CT molecular complexity index is 229. The third-order valence-electron chi connectivity index (χ3n) is 2.15. The van der Waals surface area contributed by atoms with Crippen molar-refractivity contribution in [2.24, 2.45) is 0 Å². The minimum atomic E-state index is -0.213. The van der Waals surface area contributed by atoms with Gasteiger partial charge in [-0.25, -0.2) is 0 Å². The molecular weight excluding hydrogens is 126 g/mol. The smallest absolute Gasteiger partial charge is 0.0807 e. The molecule has 0 bridgehead atoms. The fourth-order valence-electron chi connectivity index (χ4n) is 1.58. The van der Waals surface area contributed by atoms with E-state index in [9.17, 15) is 5.11 Å². The number of H-pyrrole nitrogens is 1. The molecule has 10 heavy (non-hydrogen) atoms. The van der Waals surface area contributed by atoms with Gasteiger partial charge in [0.2, 0.25) is 0 Å². The summed E-state index contributed by atoms with van der Waals surface area (Å²) in [6, 6.07) is 0. The standard InChI is InChI=1S/C8H11NO/c10-8-3-1-2-6-4-9-5-7(6)8/h4-5,8-10H,1-3H2. The molecule has 0 aliphatic heterocycles. The van der Waals surface area contributed by atoms with E-state index < -0.39 is 0 Å². The lowest BCUT2D eigenvalue weighted by Gasteiger charge is -2.16. The van der Waals surface area contributed by atoms with Crippen LogP contribution < -0.4 is 0 Å². The molecule has 54 valence electrons. The number of fused-ring (bicyclic) bond motifs is 1. The van der Waals surface area contributed by atoms with Gasteiger partial charge in [0.15, 0.2) is 0 Å². The van der Waals surface area contributed by atoms with Gasteiger partial charge in [0.25, 0.3) is 0 Å². The normalized spacial score (nSPS) is 24.3. The molecule has 1 aliphatic rings. The van der Waals surface area contributed by atoms with Crippen molar-refractivity contribution in [2.75, 3.05) is 0 Å². The second-order valence-electron chi connectivity index (χ2n) is 2.84. The van der Waals surface area contributed by atoms with Crippen LogP contribution in [0.2, 0.25) is 0 Å². The molecular formula is C8H11NO. The van der Waals surface area contributed by atoms with Crippen LogP contribution in [0.3, 0.4) is 0 Å². The zero-order chi connectivity index (χ0) is 6.97. The van der Waals surface area contributed by atoms with Gasteiger partial charge in [-0.3, -0.25) is 0 Å². The van der Waals surface area contributed by atoms with Crippen molar-refractivity contribution in [3.63, 3.8) is 0 Å². The maximum atomic E-state index is 9.43. The van der Waals surface area contributed by atoms with E-state index in [0.717, 1.165) is 24.8 Å². The summed E-state index contributed by atoms with van der Waals surface area (Å²) in [6.45, 7) is 0. The van der Waals surface area contributed by atoms with Gasteiger partial charge in [0.1, 0.15) is 0 Å². The SMILES string of the molecule is OC1CCCc2c[nH]cc21. The summed E-state index contributed by atoms with van der Waals surface area (Å²) < 4.78 is 0. The highest BCUT2D eigenvalue weighted by atomic mass is 16.3. The highest BCUT2D eigenvalue weighted by Gasteiger charge is 2.17. The molecule has 2 N–H and O–H groups in total. The first-order chi connectivity index (χ1) is 4.88. The number of aliphatic hydroxyl groups is 1. The Labute approximate surface area is 59.9 Å². The van der Waals surface area contributed by atoms with Crippen LogP contribution in [-0.2, 0) is 6.42 Å². The summed E-state index contributed by atoms with van der Waals surface area (Å²) in [5.41, 5.74) is 2.39. The van der Waals surface area contributed by atoms with E-state index in [1.807, 2.05) is 12.4 Å². The number of rotatable bonds is 0. The molecule has 0 aromatic carbocycles. The van der Waals surface area contributed by atoms with Crippen molar-refractivity contribution in [3.8, 4) is 0 Å². The van der Waals surface area contributed by atoms with Crippen LogP contribution in [0.25, 0.3) is 0 Å². The average Bonchev–Trinajstić information content (AvgIpc) is 2.36. The summed E-state index contributed by atoms with van der Waals surface area (Å²) in [5.74, 6) is 0. The molecule has 0 spiro atoms. The number of hydrogen-bond donors (Lipinski definition) is 2. The second kappa shape index (κ2) is 2.13. The Balaban J connectivity index is 2.41. The lowest BCUT2D eigenvalue weighted by molar-refractivity contribution is 0.157. The van der Waals surface area contributed by atoms with Gasteiger partial charge < -0.3 is 10.1 Å². The Morgan fingerprint density at radius 3 is 3.20 bits per heavy atom. The molecule has 1 aromatic rings. The molecule has 1 atom stereocenters. The first-order valence-electron chi connectivity index (χ1n) is 3.71. The number of aliphatic hydroxyl groups excluding tert-OH is 1. The summed E-state index contributed by atoms with van der Waals surface area (Å²) >= 11 is 0. The van der Waals surface area contributed by atoms with Gasteiger partial charge in [-0.1, -0.05) is 0 Å². The molecule has 1 aromatic heterocycles.